The summed E-state index contributed by atoms with van der Waals surface area (Å²) in [6.45, 7) is 2.85. The number of halogens is 1. The van der Waals surface area contributed by atoms with Crippen LogP contribution in [-0.4, -0.2) is 32.8 Å². The smallest absolute Gasteiger partial charge is 0.253 e. The van der Waals surface area contributed by atoms with Crippen LogP contribution >= 0.6 is 15.9 Å². The minimum atomic E-state index is -3.83. The minimum absolute atomic E-state index is 0.0663. The lowest BCUT2D eigenvalue weighted by molar-refractivity contribution is 0.0786. The first-order valence-corrected chi connectivity index (χ1v) is 8.61. The van der Waals surface area contributed by atoms with E-state index in [2.05, 4.69) is 22.9 Å². The molecular formula is C13H17BrN2O3S. The first-order valence-electron chi connectivity index (χ1n) is 6.27. The summed E-state index contributed by atoms with van der Waals surface area (Å²) in [5, 5.41) is 5.11. The standard InChI is InChI=1S/C13H17BrN2O3S/c1-8-3-10(8)7-16(2)13(17)9-4-11(14)6-12(5-9)20(15,18)19/h4-6,8,10H,3,7H2,1-2H3,(H2,15,18,19). The van der Waals surface area contributed by atoms with Gasteiger partial charge in [0.1, 0.15) is 0 Å². The van der Waals surface area contributed by atoms with Crippen LogP contribution in [0, 0.1) is 11.8 Å². The summed E-state index contributed by atoms with van der Waals surface area (Å²) >= 11 is 3.20. The summed E-state index contributed by atoms with van der Waals surface area (Å²) in [5.74, 6) is 1.01. The highest BCUT2D eigenvalue weighted by atomic mass is 79.9. The van der Waals surface area contributed by atoms with Crippen molar-refractivity contribution in [3.63, 3.8) is 0 Å². The fourth-order valence-electron chi connectivity index (χ4n) is 2.16. The molecule has 1 amide bonds. The molecular weight excluding hydrogens is 344 g/mol. The van der Waals surface area contributed by atoms with Crippen LogP contribution in [0.4, 0.5) is 0 Å². The third-order valence-electron chi connectivity index (χ3n) is 3.58. The van der Waals surface area contributed by atoms with E-state index in [4.69, 9.17) is 5.14 Å². The zero-order chi connectivity index (χ0) is 15.1. The van der Waals surface area contributed by atoms with E-state index in [1.807, 2.05) is 0 Å². The van der Waals surface area contributed by atoms with Gasteiger partial charge >= 0.3 is 0 Å². The van der Waals surface area contributed by atoms with Crippen LogP contribution in [0.5, 0.6) is 0 Å². The molecule has 7 heteroatoms. The summed E-state index contributed by atoms with van der Waals surface area (Å²) in [6, 6.07) is 4.30. The van der Waals surface area contributed by atoms with Gasteiger partial charge in [0.05, 0.1) is 4.90 Å². The Morgan fingerprint density at radius 1 is 1.45 bits per heavy atom. The Morgan fingerprint density at radius 3 is 2.55 bits per heavy atom. The minimum Gasteiger partial charge on any atom is -0.341 e. The van der Waals surface area contributed by atoms with Crippen LogP contribution in [0.25, 0.3) is 0 Å². The average Bonchev–Trinajstić information content (AvgIpc) is 3.01. The van der Waals surface area contributed by atoms with Crippen LogP contribution in [0.2, 0.25) is 0 Å². The summed E-state index contributed by atoms with van der Waals surface area (Å²) in [7, 11) is -2.10. The first-order chi connectivity index (χ1) is 9.18. The Morgan fingerprint density at radius 2 is 2.05 bits per heavy atom. The maximum atomic E-state index is 12.3. The molecule has 0 aromatic heterocycles. The third kappa shape index (κ3) is 3.59. The number of rotatable bonds is 4. The molecule has 1 aliphatic carbocycles. The van der Waals surface area contributed by atoms with E-state index in [1.165, 1.54) is 12.1 Å². The van der Waals surface area contributed by atoms with E-state index in [0.29, 0.717) is 28.4 Å². The number of nitrogens with zero attached hydrogens (tertiary/aromatic N) is 1. The maximum Gasteiger partial charge on any atom is 0.253 e. The van der Waals surface area contributed by atoms with E-state index < -0.39 is 10.0 Å². The topological polar surface area (TPSA) is 80.5 Å². The lowest BCUT2D eigenvalue weighted by Crippen LogP contribution is -2.29. The second-order valence-electron chi connectivity index (χ2n) is 5.38. The highest BCUT2D eigenvalue weighted by Crippen LogP contribution is 2.38. The van der Waals surface area contributed by atoms with Gasteiger partial charge in [0.2, 0.25) is 10.0 Å². The summed E-state index contributed by atoms with van der Waals surface area (Å²) in [6.07, 6.45) is 1.14. The first kappa shape index (κ1) is 15.5. The largest absolute Gasteiger partial charge is 0.341 e. The Balaban J connectivity index is 2.23. The lowest BCUT2D eigenvalue weighted by Gasteiger charge is -2.17. The molecule has 2 unspecified atom stereocenters. The van der Waals surface area contributed by atoms with Gasteiger partial charge in [0, 0.05) is 23.6 Å². The van der Waals surface area contributed by atoms with Crippen molar-refractivity contribution in [2.45, 2.75) is 18.2 Å². The number of primary sulfonamides is 1. The Labute approximate surface area is 127 Å². The van der Waals surface area contributed by atoms with Crippen LogP contribution in [0.15, 0.2) is 27.6 Å². The molecule has 0 bridgehead atoms. The molecule has 1 aromatic rings. The highest BCUT2D eigenvalue weighted by molar-refractivity contribution is 9.10. The van der Waals surface area contributed by atoms with Crippen molar-refractivity contribution in [2.75, 3.05) is 13.6 Å². The van der Waals surface area contributed by atoms with Gasteiger partial charge in [-0.25, -0.2) is 13.6 Å². The number of carbonyl (C=O) groups excluding carboxylic acids is 1. The number of amides is 1. The molecule has 20 heavy (non-hydrogen) atoms. The average molecular weight is 361 g/mol. The molecule has 1 aliphatic rings. The predicted molar refractivity (Wildman–Crippen MR) is 79.7 cm³/mol. The normalized spacial score (nSPS) is 21.6. The number of hydrogen-bond donors (Lipinski definition) is 1. The number of carbonyl (C=O) groups is 1. The van der Waals surface area contributed by atoms with Gasteiger partial charge in [-0.1, -0.05) is 22.9 Å². The fourth-order valence-corrected chi connectivity index (χ4v) is 3.39. The zero-order valence-electron chi connectivity index (χ0n) is 11.3. The summed E-state index contributed by atoms with van der Waals surface area (Å²) < 4.78 is 23.3. The Kier molecular flexibility index (Phi) is 4.22. The van der Waals surface area contributed by atoms with E-state index in [9.17, 15) is 13.2 Å². The van der Waals surface area contributed by atoms with Crippen LogP contribution in [0.3, 0.4) is 0 Å². The second kappa shape index (κ2) is 5.46. The van der Waals surface area contributed by atoms with Crippen molar-refractivity contribution in [1.29, 1.82) is 0 Å². The van der Waals surface area contributed by atoms with E-state index in [-0.39, 0.29) is 10.8 Å². The van der Waals surface area contributed by atoms with Gasteiger partial charge in [-0.3, -0.25) is 4.79 Å². The van der Waals surface area contributed by atoms with E-state index >= 15 is 0 Å². The number of benzene rings is 1. The van der Waals surface area contributed by atoms with Crippen molar-refractivity contribution in [1.82, 2.24) is 4.90 Å². The third-order valence-corrected chi connectivity index (χ3v) is 4.93. The van der Waals surface area contributed by atoms with Crippen LogP contribution in [-0.2, 0) is 10.0 Å². The van der Waals surface area contributed by atoms with Crippen molar-refractivity contribution in [3.8, 4) is 0 Å². The Bertz CT molecular complexity index is 645. The van der Waals surface area contributed by atoms with Crippen molar-refractivity contribution in [3.05, 3.63) is 28.2 Å². The van der Waals surface area contributed by atoms with Crippen molar-refractivity contribution >= 4 is 31.9 Å². The molecule has 1 aromatic carbocycles. The van der Waals surface area contributed by atoms with Crippen molar-refractivity contribution in [2.24, 2.45) is 17.0 Å². The Hall–Kier alpha value is -0.920. The molecule has 0 saturated heterocycles. The summed E-state index contributed by atoms with van der Waals surface area (Å²) in [5.41, 5.74) is 0.319. The molecule has 110 valence electrons. The molecule has 1 saturated carbocycles. The molecule has 0 spiro atoms. The molecule has 5 nitrogen and oxygen atoms in total. The summed E-state index contributed by atoms with van der Waals surface area (Å²) in [4.78, 5) is 13.9. The fraction of sp³-hybridized carbons (Fsp3) is 0.462. The monoisotopic (exact) mass is 360 g/mol. The van der Waals surface area contributed by atoms with Gasteiger partial charge in [-0.05, 0) is 36.5 Å². The highest BCUT2D eigenvalue weighted by Gasteiger charge is 2.34. The van der Waals surface area contributed by atoms with Crippen LogP contribution < -0.4 is 5.14 Å². The zero-order valence-corrected chi connectivity index (χ0v) is 13.7. The van der Waals surface area contributed by atoms with E-state index in [1.54, 1.807) is 18.0 Å². The van der Waals surface area contributed by atoms with E-state index in [0.717, 1.165) is 6.42 Å². The molecule has 2 N–H and O–H groups in total. The molecule has 0 heterocycles. The van der Waals surface area contributed by atoms with Gasteiger partial charge in [0.25, 0.3) is 5.91 Å². The van der Waals surface area contributed by atoms with Gasteiger partial charge in [-0.15, -0.1) is 0 Å². The van der Waals surface area contributed by atoms with Gasteiger partial charge in [-0.2, -0.15) is 0 Å². The second-order valence-corrected chi connectivity index (χ2v) is 7.86. The van der Waals surface area contributed by atoms with Crippen LogP contribution in [0.1, 0.15) is 23.7 Å². The number of nitrogens with two attached hydrogens (primary N) is 1. The molecule has 2 rings (SSSR count). The molecule has 1 fully saturated rings. The maximum absolute atomic E-state index is 12.3. The number of hydrogen-bond acceptors (Lipinski definition) is 3. The predicted octanol–water partition coefficient (Wildman–Crippen LogP) is 1.82. The molecule has 0 radical (unpaired) electrons. The van der Waals surface area contributed by atoms with Gasteiger partial charge in [0.15, 0.2) is 0 Å². The van der Waals surface area contributed by atoms with Gasteiger partial charge < -0.3 is 4.90 Å². The molecule has 2 atom stereocenters. The lowest BCUT2D eigenvalue weighted by atomic mass is 10.2. The van der Waals surface area contributed by atoms with Crippen molar-refractivity contribution < 1.29 is 13.2 Å². The number of sulfonamides is 1. The molecule has 0 aliphatic heterocycles. The quantitative estimate of drug-likeness (QED) is 0.888. The SMILES string of the molecule is CC1CC1CN(C)C(=O)c1cc(Br)cc(S(N)(=O)=O)c1.